The van der Waals surface area contributed by atoms with Gasteiger partial charge in [-0.25, -0.2) is 4.79 Å². The Hall–Kier alpha value is -1.81. The van der Waals surface area contributed by atoms with Crippen molar-refractivity contribution >= 4 is 22.0 Å². The van der Waals surface area contributed by atoms with E-state index in [0.29, 0.717) is 6.54 Å². The number of carbonyl (C=O) groups excluding carboxylic acids is 1. The van der Waals surface area contributed by atoms with Crippen LogP contribution in [0.3, 0.4) is 0 Å². The molecule has 1 amide bonds. The van der Waals surface area contributed by atoms with Crippen molar-refractivity contribution in [2.75, 3.05) is 0 Å². The Bertz CT molecular complexity index is 670. The van der Waals surface area contributed by atoms with E-state index in [1.54, 1.807) is 4.90 Å². The average Bonchev–Trinajstić information content (AvgIpc) is 2.59. The van der Waals surface area contributed by atoms with Gasteiger partial charge in [0.25, 0.3) is 0 Å². The van der Waals surface area contributed by atoms with Gasteiger partial charge in [0.05, 0.1) is 6.54 Å². The molecule has 128 valence electrons. The van der Waals surface area contributed by atoms with Crippen molar-refractivity contribution in [2.24, 2.45) is 0 Å². The van der Waals surface area contributed by atoms with E-state index in [2.05, 4.69) is 36.7 Å². The first-order chi connectivity index (χ1) is 11.4. The van der Waals surface area contributed by atoms with Gasteiger partial charge in [-0.05, 0) is 37.5 Å². The molecule has 4 heteroatoms. The van der Waals surface area contributed by atoms with E-state index in [-0.39, 0.29) is 18.2 Å². The van der Waals surface area contributed by atoms with Crippen LogP contribution in [0.5, 0.6) is 0 Å². The van der Waals surface area contributed by atoms with Crippen LogP contribution in [0.1, 0.15) is 38.3 Å². The first-order valence-corrected chi connectivity index (χ1v) is 8.95. The van der Waals surface area contributed by atoms with Gasteiger partial charge in [-0.1, -0.05) is 71.4 Å². The van der Waals surface area contributed by atoms with Gasteiger partial charge in [-0.15, -0.1) is 0 Å². The SMILES string of the molecule is CCC(C)(C)N(Cc1ccccc1Br)C(=O)OCc1ccccc1. The zero-order chi connectivity index (χ0) is 17.6. The minimum absolute atomic E-state index is 0.284. The molecule has 0 aromatic heterocycles. The number of nitrogens with zero attached hydrogens (tertiary/aromatic N) is 1. The van der Waals surface area contributed by atoms with E-state index >= 15 is 0 Å². The molecule has 2 aromatic rings. The van der Waals surface area contributed by atoms with E-state index < -0.39 is 0 Å². The smallest absolute Gasteiger partial charge is 0.410 e. The summed E-state index contributed by atoms with van der Waals surface area (Å²) in [5, 5.41) is 0. The summed E-state index contributed by atoms with van der Waals surface area (Å²) in [6.07, 6.45) is 0.555. The van der Waals surface area contributed by atoms with Crippen molar-refractivity contribution in [1.82, 2.24) is 4.90 Å². The second kappa shape index (κ2) is 8.34. The van der Waals surface area contributed by atoms with Crippen LogP contribution in [-0.2, 0) is 17.9 Å². The number of hydrogen-bond acceptors (Lipinski definition) is 2. The fraction of sp³-hybridized carbons (Fsp3) is 0.350. The van der Waals surface area contributed by atoms with Crippen LogP contribution in [0.2, 0.25) is 0 Å². The summed E-state index contributed by atoms with van der Waals surface area (Å²) in [6.45, 7) is 7.00. The molecule has 0 heterocycles. The highest BCUT2D eigenvalue weighted by Crippen LogP contribution is 2.26. The van der Waals surface area contributed by atoms with Gasteiger partial charge in [0.2, 0.25) is 0 Å². The second-order valence-corrected chi connectivity index (χ2v) is 7.24. The molecule has 24 heavy (non-hydrogen) atoms. The highest BCUT2D eigenvalue weighted by Gasteiger charge is 2.31. The molecule has 0 spiro atoms. The quantitative estimate of drug-likeness (QED) is 0.626. The number of rotatable bonds is 6. The summed E-state index contributed by atoms with van der Waals surface area (Å²) in [6, 6.07) is 17.7. The van der Waals surface area contributed by atoms with Gasteiger partial charge in [-0.3, -0.25) is 4.90 Å². The molecule has 0 unspecified atom stereocenters. The van der Waals surface area contributed by atoms with Gasteiger partial charge in [0.15, 0.2) is 0 Å². The molecule has 0 aliphatic heterocycles. The third-order valence-electron chi connectivity index (χ3n) is 4.31. The van der Waals surface area contributed by atoms with Crippen LogP contribution in [0.25, 0.3) is 0 Å². The summed E-state index contributed by atoms with van der Waals surface area (Å²) in [5.74, 6) is 0. The van der Waals surface area contributed by atoms with Crippen LogP contribution in [0, 0.1) is 0 Å². The molecule has 2 rings (SSSR count). The zero-order valence-electron chi connectivity index (χ0n) is 14.5. The maximum Gasteiger partial charge on any atom is 0.410 e. The van der Waals surface area contributed by atoms with Crippen molar-refractivity contribution in [3.8, 4) is 0 Å². The summed E-state index contributed by atoms with van der Waals surface area (Å²) < 4.78 is 6.56. The number of ether oxygens (including phenoxy) is 1. The Morgan fingerprint density at radius 3 is 2.33 bits per heavy atom. The van der Waals surface area contributed by atoms with Gasteiger partial charge in [-0.2, -0.15) is 0 Å². The number of carbonyl (C=O) groups is 1. The summed E-state index contributed by atoms with van der Waals surface area (Å²) in [4.78, 5) is 14.5. The molecule has 0 bridgehead atoms. The topological polar surface area (TPSA) is 29.5 Å². The van der Waals surface area contributed by atoms with E-state index in [0.717, 1.165) is 22.0 Å². The predicted molar refractivity (Wildman–Crippen MR) is 101 cm³/mol. The Labute approximate surface area is 152 Å². The Kier molecular flexibility index (Phi) is 6.44. The fourth-order valence-corrected chi connectivity index (χ4v) is 2.72. The molecule has 0 saturated heterocycles. The van der Waals surface area contributed by atoms with Gasteiger partial charge >= 0.3 is 6.09 Å². The zero-order valence-corrected chi connectivity index (χ0v) is 16.0. The number of halogens is 1. The fourth-order valence-electron chi connectivity index (χ4n) is 2.31. The largest absolute Gasteiger partial charge is 0.445 e. The molecule has 0 saturated carbocycles. The van der Waals surface area contributed by atoms with E-state index in [4.69, 9.17) is 4.74 Å². The highest BCUT2D eigenvalue weighted by atomic mass is 79.9. The van der Waals surface area contributed by atoms with E-state index in [9.17, 15) is 4.79 Å². The van der Waals surface area contributed by atoms with Crippen LogP contribution in [-0.4, -0.2) is 16.5 Å². The molecule has 0 radical (unpaired) electrons. The van der Waals surface area contributed by atoms with Gasteiger partial charge < -0.3 is 4.74 Å². The number of benzene rings is 2. The Balaban J connectivity index is 2.13. The summed E-state index contributed by atoms with van der Waals surface area (Å²) in [7, 11) is 0. The normalized spacial score (nSPS) is 11.2. The number of amides is 1. The lowest BCUT2D eigenvalue weighted by Crippen LogP contribution is -2.47. The van der Waals surface area contributed by atoms with Crippen LogP contribution >= 0.6 is 15.9 Å². The van der Waals surface area contributed by atoms with Gasteiger partial charge in [0.1, 0.15) is 6.61 Å². The van der Waals surface area contributed by atoms with Crippen LogP contribution in [0.4, 0.5) is 4.79 Å². The van der Waals surface area contributed by atoms with Crippen molar-refractivity contribution < 1.29 is 9.53 Å². The molecule has 2 aromatic carbocycles. The Morgan fingerprint density at radius 1 is 1.08 bits per heavy atom. The van der Waals surface area contributed by atoms with Crippen molar-refractivity contribution in [3.05, 3.63) is 70.2 Å². The third-order valence-corrected chi connectivity index (χ3v) is 5.08. The first-order valence-electron chi connectivity index (χ1n) is 8.16. The van der Waals surface area contributed by atoms with Crippen molar-refractivity contribution in [3.63, 3.8) is 0 Å². The lowest BCUT2D eigenvalue weighted by Gasteiger charge is -2.37. The lowest BCUT2D eigenvalue weighted by atomic mass is 9.99. The van der Waals surface area contributed by atoms with Crippen molar-refractivity contribution in [1.29, 1.82) is 0 Å². The molecule has 0 atom stereocenters. The minimum Gasteiger partial charge on any atom is -0.445 e. The molecule has 0 aliphatic carbocycles. The maximum atomic E-state index is 12.7. The van der Waals surface area contributed by atoms with Gasteiger partial charge in [0, 0.05) is 10.0 Å². The Morgan fingerprint density at radius 2 is 1.71 bits per heavy atom. The summed E-state index contributed by atoms with van der Waals surface area (Å²) in [5.41, 5.74) is 1.76. The standard InChI is InChI=1S/C20H24BrNO2/c1-4-20(2,3)22(14-17-12-8-9-13-18(17)21)19(23)24-15-16-10-6-5-7-11-16/h5-13H,4,14-15H2,1-3H3. The van der Waals surface area contributed by atoms with Crippen LogP contribution < -0.4 is 0 Å². The average molecular weight is 390 g/mol. The maximum absolute atomic E-state index is 12.7. The second-order valence-electron chi connectivity index (χ2n) is 6.38. The predicted octanol–water partition coefficient (Wildman–Crippen LogP) is 5.78. The molecular weight excluding hydrogens is 366 g/mol. The molecule has 3 nitrogen and oxygen atoms in total. The van der Waals surface area contributed by atoms with E-state index in [1.807, 2.05) is 54.6 Å². The van der Waals surface area contributed by atoms with E-state index in [1.165, 1.54) is 0 Å². The summed E-state index contributed by atoms with van der Waals surface area (Å²) >= 11 is 3.56. The minimum atomic E-state index is -0.290. The first kappa shape index (κ1) is 18.5. The molecule has 0 fully saturated rings. The number of hydrogen-bond donors (Lipinski definition) is 0. The molecular formula is C20H24BrNO2. The van der Waals surface area contributed by atoms with Crippen LogP contribution in [0.15, 0.2) is 59.1 Å². The highest BCUT2D eigenvalue weighted by molar-refractivity contribution is 9.10. The molecule has 0 N–H and O–H groups in total. The molecule has 0 aliphatic rings. The monoisotopic (exact) mass is 389 g/mol. The van der Waals surface area contributed by atoms with Crippen molar-refractivity contribution in [2.45, 2.75) is 45.9 Å². The third kappa shape index (κ3) is 4.84. The lowest BCUT2D eigenvalue weighted by molar-refractivity contribution is 0.0512.